The zero-order chi connectivity index (χ0) is 22.1. The summed E-state index contributed by atoms with van der Waals surface area (Å²) in [5.41, 5.74) is 2.74. The lowest BCUT2D eigenvalue weighted by atomic mass is 10.1. The first-order valence-electron chi connectivity index (χ1n) is 10.7. The Bertz CT molecular complexity index is 1270. The van der Waals surface area contributed by atoms with Crippen molar-refractivity contribution in [2.24, 2.45) is 5.92 Å². The Hall–Kier alpha value is -2.90. The minimum Gasteiger partial charge on any atom is -0.316 e. The molecule has 8 heteroatoms. The van der Waals surface area contributed by atoms with E-state index in [0.717, 1.165) is 49.2 Å². The Morgan fingerprint density at radius 2 is 1.97 bits per heavy atom. The summed E-state index contributed by atoms with van der Waals surface area (Å²) in [6.45, 7) is 2.72. The molecular weight excluding hydrogens is 432 g/mol. The van der Waals surface area contributed by atoms with Crippen molar-refractivity contribution < 1.29 is 8.78 Å². The van der Waals surface area contributed by atoms with Crippen LogP contribution in [0.4, 0.5) is 8.78 Å². The fraction of sp³-hybridized carbons (Fsp3) is 0.292. The second-order valence-electron chi connectivity index (χ2n) is 8.12. The molecule has 1 aliphatic rings. The van der Waals surface area contributed by atoms with Crippen LogP contribution in [0.3, 0.4) is 0 Å². The molecule has 0 saturated carbocycles. The predicted molar refractivity (Wildman–Crippen MR) is 121 cm³/mol. The van der Waals surface area contributed by atoms with Gasteiger partial charge in [-0.25, -0.2) is 23.7 Å². The highest BCUT2D eigenvalue weighted by atomic mass is 35.5. The molecule has 5 rings (SSSR count). The first kappa shape index (κ1) is 21.0. The average molecular weight is 454 g/mol. The Morgan fingerprint density at radius 3 is 2.75 bits per heavy atom. The van der Waals surface area contributed by atoms with E-state index in [1.807, 2.05) is 24.3 Å². The maximum absolute atomic E-state index is 14.0. The van der Waals surface area contributed by atoms with Crippen LogP contribution in [-0.4, -0.2) is 32.6 Å². The maximum atomic E-state index is 14.0. The molecule has 0 amide bonds. The number of fused-ring (bicyclic) bond motifs is 1. The smallest absolute Gasteiger partial charge is 0.164 e. The van der Waals surface area contributed by atoms with Crippen molar-refractivity contribution in [1.82, 2.24) is 24.8 Å². The summed E-state index contributed by atoms with van der Waals surface area (Å²) < 4.78 is 29.3. The van der Waals surface area contributed by atoms with Crippen LogP contribution in [0.5, 0.6) is 0 Å². The van der Waals surface area contributed by atoms with Gasteiger partial charge in [0.05, 0.1) is 11.2 Å². The molecular formula is C24H22ClF2N5. The van der Waals surface area contributed by atoms with Gasteiger partial charge in [-0.3, -0.25) is 0 Å². The first-order valence-corrected chi connectivity index (χ1v) is 11.1. The number of aromatic nitrogens is 4. The van der Waals surface area contributed by atoms with E-state index in [9.17, 15) is 8.78 Å². The van der Waals surface area contributed by atoms with Crippen LogP contribution in [0.1, 0.15) is 17.8 Å². The molecule has 0 spiro atoms. The van der Waals surface area contributed by atoms with Crippen LogP contribution in [0.2, 0.25) is 5.02 Å². The zero-order valence-electron chi connectivity index (χ0n) is 17.4. The Labute approximate surface area is 189 Å². The number of hydrogen-bond donors (Lipinski definition) is 1. The molecule has 2 aromatic carbocycles. The third-order valence-corrected chi connectivity index (χ3v) is 6.22. The highest BCUT2D eigenvalue weighted by Gasteiger charge is 2.22. The molecule has 0 bridgehead atoms. The quantitative estimate of drug-likeness (QED) is 0.455. The Morgan fingerprint density at radius 1 is 1.09 bits per heavy atom. The summed E-state index contributed by atoms with van der Waals surface area (Å²) in [6.07, 6.45) is 3.62. The van der Waals surface area contributed by atoms with Crippen LogP contribution in [0.15, 0.2) is 48.7 Å². The van der Waals surface area contributed by atoms with Crippen LogP contribution in [0, 0.1) is 17.6 Å². The molecule has 5 nitrogen and oxygen atoms in total. The van der Waals surface area contributed by atoms with E-state index in [4.69, 9.17) is 21.6 Å². The number of nitrogens with one attached hydrogen (secondary N) is 1. The topological polar surface area (TPSA) is 55.6 Å². The molecule has 1 fully saturated rings. The molecule has 1 aliphatic heterocycles. The number of imidazole rings is 1. The number of hydrogen-bond acceptors (Lipinski definition) is 4. The van der Waals surface area contributed by atoms with Crippen LogP contribution in [0.25, 0.3) is 22.6 Å². The molecule has 164 valence electrons. The third kappa shape index (κ3) is 4.23. The van der Waals surface area contributed by atoms with Gasteiger partial charge in [-0.1, -0.05) is 29.8 Å². The predicted octanol–water partition coefficient (Wildman–Crippen LogP) is 4.82. The normalized spacial score (nSPS) is 16.2. The lowest BCUT2D eigenvalue weighted by molar-refractivity contribution is 0.490. The number of aryl methyl sites for hydroxylation is 2. The van der Waals surface area contributed by atoms with Gasteiger partial charge in [0.2, 0.25) is 0 Å². The standard InChI is InChI=1S/C24H22ClF2N5/c25-19-4-2-1-3-18(19)23-30-21-13-29-22(8-6-16-5-7-17(26)11-20(16)27)31-24(21)32(23)14-15-9-10-28-12-15/h1-5,7,11,13,15,28H,6,8-10,12,14H2. The monoisotopic (exact) mass is 453 g/mol. The third-order valence-electron chi connectivity index (χ3n) is 5.89. The van der Waals surface area contributed by atoms with Gasteiger partial charge >= 0.3 is 0 Å². The van der Waals surface area contributed by atoms with E-state index in [2.05, 4.69) is 14.9 Å². The molecule has 2 aromatic heterocycles. The van der Waals surface area contributed by atoms with Crippen molar-refractivity contribution in [1.29, 1.82) is 0 Å². The lowest BCUT2D eigenvalue weighted by Gasteiger charge is -2.14. The summed E-state index contributed by atoms with van der Waals surface area (Å²) in [5.74, 6) is 0.707. The Kier molecular flexibility index (Phi) is 5.85. The molecule has 1 saturated heterocycles. The maximum Gasteiger partial charge on any atom is 0.164 e. The van der Waals surface area contributed by atoms with Crippen molar-refractivity contribution in [2.45, 2.75) is 25.8 Å². The molecule has 3 heterocycles. The van der Waals surface area contributed by atoms with E-state index in [1.165, 1.54) is 12.1 Å². The number of rotatable bonds is 6. The summed E-state index contributed by atoms with van der Waals surface area (Å²) in [7, 11) is 0. The molecule has 32 heavy (non-hydrogen) atoms. The van der Waals surface area contributed by atoms with E-state index in [-0.39, 0.29) is 0 Å². The zero-order valence-corrected chi connectivity index (χ0v) is 18.1. The fourth-order valence-corrected chi connectivity index (χ4v) is 4.42. The van der Waals surface area contributed by atoms with Gasteiger partial charge in [0.15, 0.2) is 5.65 Å². The summed E-state index contributed by atoms with van der Waals surface area (Å²) in [4.78, 5) is 14.0. The van der Waals surface area contributed by atoms with Gasteiger partial charge in [0.25, 0.3) is 0 Å². The number of benzene rings is 2. The summed E-state index contributed by atoms with van der Waals surface area (Å²) in [5, 5.41) is 4.04. The van der Waals surface area contributed by atoms with Gasteiger partial charge in [-0.05, 0) is 55.6 Å². The molecule has 1 atom stereocenters. The minimum atomic E-state index is -0.582. The number of nitrogens with zero attached hydrogens (tertiary/aromatic N) is 4. The average Bonchev–Trinajstić information content (AvgIpc) is 3.42. The van der Waals surface area contributed by atoms with E-state index < -0.39 is 11.6 Å². The Balaban J connectivity index is 1.51. The molecule has 4 aromatic rings. The summed E-state index contributed by atoms with van der Waals surface area (Å²) in [6, 6.07) is 11.3. The highest BCUT2D eigenvalue weighted by Crippen LogP contribution is 2.30. The summed E-state index contributed by atoms with van der Waals surface area (Å²) >= 11 is 6.49. The van der Waals surface area contributed by atoms with E-state index >= 15 is 0 Å². The van der Waals surface area contributed by atoms with Crippen molar-refractivity contribution >= 4 is 22.8 Å². The molecule has 0 aliphatic carbocycles. The van der Waals surface area contributed by atoms with Gasteiger partial charge < -0.3 is 9.88 Å². The van der Waals surface area contributed by atoms with Gasteiger partial charge in [-0.15, -0.1) is 0 Å². The van der Waals surface area contributed by atoms with Crippen LogP contribution >= 0.6 is 11.6 Å². The van der Waals surface area contributed by atoms with Crippen molar-refractivity contribution in [2.75, 3.05) is 13.1 Å². The van der Waals surface area contributed by atoms with Gasteiger partial charge in [0, 0.05) is 24.6 Å². The second kappa shape index (κ2) is 8.92. The lowest BCUT2D eigenvalue weighted by Crippen LogP contribution is -2.16. The molecule has 0 radical (unpaired) electrons. The van der Waals surface area contributed by atoms with Gasteiger partial charge in [0.1, 0.15) is 28.8 Å². The molecule has 1 N–H and O–H groups in total. The highest BCUT2D eigenvalue weighted by molar-refractivity contribution is 6.33. The van der Waals surface area contributed by atoms with Gasteiger partial charge in [-0.2, -0.15) is 0 Å². The SMILES string of the molecule is Fc1ccc(CCc2ncc3nc(-c4ccccc4Cl)n(CC4CCNC4)c3n2)c(F)c1. The van der Waals surface area contributed by atoms with Crippen molar-refractivity contribution in [3.63, 3.8) is 0 Å². The minimum absolute atomic E-state index is 0.385. The van der Waals surface area contributed by atoms with Crippen LogP contribution < -0.4 is 5.32 Å². The largest absolute Gasteiger partial charge is 0.316 e. The number of halogens is 3. The second-order valence-corrected chi connectivity index (χ2v) is 8.52. The molecule has 1 unspecified atom stereocenters. The fourth-order valence-electron chi connectivity index (χ4n) is 4.19. The van der Waals surface area contributed by atoms with Crippen molar-refractivity contribution in [3.8, 4) is 11.4 Å². The van der Waals surface area contributed by atoms with E-state index in [1.54, 1.807) is 6.20 Å². The van der Waals surface area contributed by atoms with E-state index in [0.29, 0.717) is 40.7 Å². The first-order chi connectivity index (χ1) is 15.6. The van der Waals surface area contributed by atoms with Crippen molar-refractivity contribution in [3.05, 3.63) is 76.7 Å². The van der Waals surface area contributed by atoms with Crippen LogP contribution in [-0.2, 0) is 19.4 Å².